The number of carbonyl (C=O) groups is 1. The Morgan fingerprint density at radius 2 is 1.67 bits per heavy atom. The topological polar surface area (TPSA) is 24.8 Å². The van der Waals surface area contributed by atoms with Gasteiger partial charge in [-0.25, -0.2) is 0 Å². The minimum Gasteiger partial charge on any atom is -0.330 e. The first-order valence-electron chi connectivity index (χ1n) is 8.43. The zero-order valence-corrected chi connectivity index (χ0v) is 13.1. The predicted octanol–water partition coefficient (Wildman–Crippen LogP) is 1.61. The van der Waals surface area contributed by atoms with Crippen LogP contribution in [0.5, 0.6) is 0 Å². The SMILES string of the molecule is CC1CCC([NH+]2CCN(C(=O)c3ccccc3)CC2)CC1. The number of quaternary nitrogens is 1. The Hall–Kier alpha value is -1.35. The van der Waals surface area contributed by atoms with Crippen LogP contribution < -0.4 is 4.90 Å². The van der Waals surface area contributed by atoms with Gasteiger partial charge in [-0.15, -0.1) is 0 Å². The van der Waals surface area contributed by atoms with E-state index in [1.54, 1.807) is 4.90 Å². The number of carbonyl (C=O) groups excluding carboxylic acids is 1. The van der Waals surface area contributed by atoms with Gasteiger partial charge in [0.2, 0.25) is 0 Å². The molecular weight excluding hydrogens is 260 g/mol. The minimum absolute atomic E-state index is 0.201. The summed E-state index contributed by atoms with van der Waals surface area (Å²) in [5.41, 5.74) is 0.826. The molecule has 1 saturated heterocycles. The van der Waals surface area contributed by atoms with Crippen molar-refractivity contribution < 1.29 is 9.69 Å². The fraction of sp³-hybridized carbons (Fsp3) is 0.611. The van der Waals surface area contributed by atoms with E-state index >= 15 is 0 Å². The van der Waals surface area contributed by atoms with E-state index in [0.717, 1.165) is 43.7 Å². The molecular formula is C18H27N2O+. The lowest BCUT2D eigenvalue weighted by Gasteiger charge is -2.39. The second-order valence-corrected chi connectivity index (χ2v) is 6.77. The summed E-state index contributed by atoms with van der Waals surface area (Å²) < 4.78 is 0. The van der Waals surface area contributed by atoms with Gasteiger partial charge in [-0.2, -0.15) is 0 Å². The summed E-state index contributed by atoms with van der Waals surface area (Å²) in [6.07, 6.45) is 5.54. The summed E-state index contributed by atoms with van der Waals surface area (Å²) in [5, 5.41) is 0. The molecule has 1 aromatic rings. The van der Waals surface area contributed by atoms with Crippen LogP contribution in [0.3, 0.4) is 0 Å². The molecule has 1 aliphatic carbocycles. The lowest BCUT2D eigenvalue weighted by atomic mass is 9.86. The van der Waals surface area contributed by atoms with Crippen molar-refractivity contribution in [2.75, 3.05) is 26.2 Å². The highest BCUT2D eigenvalue weighted by Crippen LogP contribution is 2.22. The fourth-order valence-corrected chi connectivity index (χ4v) is 3.84. The molecule has 0 radical (unpaired) electrons. The van der Waals surface area contributed by atoms with Gasteiger partial charge >= 0.3 is 0 Å². The average molecular weight is 287 g/mol. The molecule has 1 N–H and O–H groups in total. The van der Waals surface area contributed by atoms with E-state index in [1.807, 2.05) is 35.2 Å². The van der Waals surface area contributed by atoms with Gasteiger partial charge < -0.3 is 9.80 Å². The molecule has 21 heavy (non-hydrogen) atoms. The van der Waals surface area contributed by atoms with E-state index < -0.39 is 0 Å². The molecule has 3 heteroatoms. The van der Waals surface area contributed by atoms with Gasteiger partial charge in [0.15, 0.2) is 0 Å². The zero-order valence-electron chi connectivity index (χ0n) is 13.1. The first-order chi connectivity index (χ1) is 10.2. The molecule has 1 amide bonds. The van der Waals surface area contributed by atoms with Crippen molar-refractivity contribution in [3.63, 3.8) is 0 Å². The van der Waals surface area contributed by atoms with Crippen molar-refractivity contribution >= 4 is 5.91 Å². The predicted molar refractivity (Wildman–Crippen MR) is 84.5 cm³/mol. The molecule has 0 spiro atoms. The van der Waals surface area contributed by atoms with Crippen LogP contribution in [0.15, 0.2) is 30.3 Å². The normalized spacial score (nSPS) is 27.6. The molecule has 2 aliphatic rings. The second-order valence-electron chi connectivity index (χ2n) is 6.77. The molecule has 1 aromatic carbocycles. The summed E-state index contributed by atoms with van der Waals surface area (Å²) in [7, 11) is 0. The smallest absolute Gasteiger partial charge is 0.254 e. The van der Waals surface area contributed by atoms with E-state index in [2.05, 4.69) is 6.92 Å². The van der Waals surface area contributed by atoms with Crippen LogP contribution in [0.2, 0.25) is 0 Å². The maximum absolute atomic E-state index is 12.4. The largest absolute Gasteiger partial charge is 0.330 e. The quantitative estimate of drug-likeness (QED) is 0.878. The standard InChI is InChI=1S/C18H26N2O/c1-15-7-9-17(10-8-15)19-11-13-20(14-12-19)18(21)16-5-3-2-4-6-16/h2-6,15,17H,7-14H2,1H3/p+1. The van der Waals surface area contributed by atoms with Crippen LogP contribution in [-0.4, -0.2) is 43.0 Å². The van der Waals surface area contributed by atoms with Gasteiger partial charge in [0, 0.05) is 5.56 Å². The molecule has 2 fully saturated rings. The minimum atomic E-state index is 0.201. The Morgan fingerprint density at radius 3 is 2.29 bits per heavy atom. The fourth-order valence-electron chi connectivity index (χ4n) is 3.84. The Labute approximate surface area is 127 Å². The first-order valence-corrected chi connectivity index (χ1v) is 8.43. The van der Waals surface area contributed by atoms with Crippen LogP contribution in [0.25, 0.3) is 0 Å². The third-order valence-electron chi connectivity index (χ3n) is 5.31. The van der Waals surface area contributed by atoms with Crippen molar-refractivity contribution in [2.45, 2.75) is 38.6 Å². The van der Waals surface area contributed by atoms with Crippen LogP contribution in [-0.2, 0) is 0 Å². The number of nitrogens with zero attached hydrogens (tertiary/aromatic N) is 1. The summed E-state index contributed by atoms with van der Waals surface area (Å²) in [6, 6.07) is 10.5. The number of amides is 1. The zero-order chi connectivity index (χ0) is 14.7. The molecule has 1 saturated carbocycles. The lowest BCUT2D eigenvalue weighted by Crippen LogP contribution is -3.18. The van der Waals surface area contributed by atoms with Crippen LogP contribution in [0.1, 0.15) is 43.0 Å². The molecule has 1 heterocycles. The third kappa shape index (κ3) is 3.46. The molecule has 1 aliphatic heterocycles. The Kier molecular flexibility index (Phi) is 4.59. The highest BCUT2D eigenvalue weighted by Gasteiger charge is 2.31. The Bertz CT molecular complexity index is 457. The van der Waals surface area contributed by atoms with Crippen LogP contribution in [0, 0.1) is 5.92 Å². The van der Waals surface area contributed by atoms with Crippen molar-refractivity contribution in [1.29, 1.82) is 0 Å². The van der Waals surface area contributed by atoms with E-state index in [9.17, 15) is 4.79 Å². The van der Waals surface area contributed by atoms with Gasteiger partial charge in [-0.1, -0.05) is 25.1 Å². The van der Waals surface area contributed by atoms with Crippen LogP contribution in [0.4, 0.5) is 0 Å². The van der Waals surface area contributed by atoms with Gasteiger partial charge in [0.1, 0.15) is 0 Å². The first kappa shape index (κ1) is 14.6. The number of benzene rings is 1. The van der Waals surface area contributed by atoms with Crippen molar-refractivity contribution in [3.05, 3.63) is 35.9 Å². The Morgan fingerprint density at radius 1 is 1.05 bits per heavy atom. The summed E-state index contributed by atoms with van der Waals surface area (Å²) in [6.45, 7) is 6.45. The average Bonchev–Trinajstić information content (AvgIpc) is 2.56. The molecule has 0 aromatic heterocycles. The van der Waals surface area contributed by atoms with Gasteiger partial charge in [0.25, 0.3) is 5.91 Å². The monoisotopic (exact) mass is 287 g/mol. The highest BCUT2D eigenvalue weighted by molar-refractivity contribution is 5.94. The third-order valence-corrected chi connectivity index (χ3v) is 5.31. The summed E-state index contributed by atoms with van der Waals surface area (Å²) in [4.78, 5) is 16.2. The molecule has 3 nitrogen and oxygen atoms in total. The molecule has 0 unspecified atom stereocenters. The van der Waals surface area contributed by atoms with Gasteiger partial charge in [-0.3, -0.25) is 4.79 Å². The number of piperazine rings is 1. The second kappa shape index (κ2) is 6.61. The van der Waals surface area contributed by atoms with E-state index in [4.69, 9.17) is 0 Å². The van der Waals surface area contributed by atoms with E-state index in [0.29, 0.717) is 0 Å². The van der Waals surface area contributed by atoms with Crippen molar-refractivity contribution in [1.82, 2.24) is 4.90 Å². The Balaban J connectivity index is 1.52. The van der Waals surface area contributed by atoms with Crippen molar-refractivity contribution in [3.8, 4) is 0 Å². The summed E-state index contributed by atoms with van der Waals surface area (Å²) >= 11 is 0. The van der Waals surface area contributed by atoms with E-state index in [1.165, 1.54) is 25.7 Å². The molecule has 0 atom stereocenters. The van der Waals surface area contributed by atoms with Crippen molar-refractivity contribution in [2.24, 2.45) is 5.92 Å². The maximum atomic E-state index is 12.4. The van der Waals surface area contributed by atoms with E-state index in [-0.39, 0.29) is 5.91 Å². The number of rotatable bonds is 2. The van der Waals surface area contributed by atoms with Gasteiger partial charge in [0.05, 0.1) is 32.2 Å². The summed E-state index contributed by atoms with van der Waals surface area (Å²) in [5.74, 6) is 1.12. The maximum Gasteiger partial charge on any atom is 0.254 e. The lowest BCUT2D eigenvalue weighted by molar-refractivity contribution is -0.930. The highest BCUT2D eigenvalue weighted by atomic mass is 16.2. The number of hydrogen-bond donors (Lipinski definition) is 1. The molecule has 114 valence electrons. The molecule has 3 rings (SSSR count). The van der Waals surface area contributed by atoms with Crippen LogP contribution >= 0.6 is 0 Å². The van der Waals surface area contributed by atoms with Gasteiger partial charge in [-0.05, 0) is 43.7 Å². The number of hydrogen-bond acceptors (Lipinski definition) is 1. The number of nitrogens with one attached hydrogen (secondary N) is 1. The molecule has 0 bridgehead atoms.